The fraction of sp³-hybridized carbons (Fsp3) is 0.889. The number of carbonyl (C=O) groups excluding carboxylic acids is 1. The van der Waals surface area contributed by atoms with Gasteiger partial charge in [0.15, 0.2) is 0 Å². The summed E-state index contributed by atoms with van der Waals surface area (Å²) >= 11 is 0. The van der Waals surface area contributed by atoms with Gasteiger partial charge >= 0.3 is 0 Å². The number of amides is 1. The lowest BCUT2D eigenvalue weighted by Gasteiger charge is -2.39. The molecule has 6 nitrogen and oxygen atoms in total. The van der Waals surface area contributed by atoms with E-state index in [2.05, 4.69) is 5.32 Å². The van der Waals surface area contributed by atoms with Gasteiger partial charge in [0.2, 0.25) is 10.0 Å². The summed E-state index contributed by atoms with van der Waals surface area (Å²) in [5, 5.41) is 3.18. The van der Waals surface area contributed by atoms with Gasteiger partial charge in [-0.3, -0.25) is 14.4 Å². The molecule has 94 valence electrons. The van der Waals surface area contributed by atoms with Gasteiger partial charge in [-0.05, 0) is 13.8 Å². The fourth-order valence-electron chi connectivity index (χ4n) is 1.66. The van der Waals surface area contributed by atoms with Gasteiger partial charge < -0.3 is 5.32 Å². The standard InChI is InChI=1S/C9H19N3O3S/c1-9(2,8(13)11-16(3,14)15)12-6-4-10-5-7-12/h10H,4-7H2,1-3H3,(H,11,13). The molecule has 0 spiro atoms. The molecule has 0 aromatic rings. The lowest BCUT2D eigenvalue weighted by atomic mass is 10.0. The van der Waals surface area contributed by atoms with Crippen LogP contribution in [-0.2, 0) is 14.8 Å². The molecule has 2 N–H and O–H groups in total. The second-order valence-electron chi connectivity index (χ2n) is 4.50. The first-order chi connectivity index (χ1) is 7.23. The summed E-state index contributed by atoms with van der Waals surface area (Å²) < 4.78 is 24.0. The van der Waals surface area contributed by atoms with E-state index in [0.717, 1.165) is 32.4 Å². The zero-order valence-corrected chi connectivity index (χ0v) is 10.7. The largest absolute Gasteiger partial charge is 0.314 e. The molecule has 0 atom stereocenters. The molecule has 0 saturated carbocycles. The van der Waals surface area contributed by atoms with Crippen molar-refractivity contribution in [2.75, 3.05) is 32.4 Å². The third-order valence-corrected chi connectivity index (χ3v) is 3.30. The molecule has 0 unspecified atom stereocenters. The maximum atomic E-state index is 11.8. The van der Waals surface area contributed by atoms with Crippen molar-refractivity contribution in [1.29, 1.82) is 0 Å². The third-order valence-electron chi connectivity index (χ3n) is 2.74. The van der Waals surface area contributed by atoms with Crippen molar-refractivity contribution in [2.45, 2.75) is 19.4 Å². The van der Waals surface area contributed by atoms with E-state index in [9.17, 15) is 13.2 Å². The molecule has 1 rings (SSSR count). The lowest BCUT2D eigenvalue weighted by molar-refractivity contribution is -0.130. The molecule has 0 aromatic heterocycles. The Kier molecular flexibility index (Phi) is 3.92. The molecule has 0 aromatic carbocycles. The average molecular weight is 249 g/mol. The number of nitrogens with zero attached hydrogens (tertiary/aromatic N) is 1. The maximum Gasteiger partial charge on any atom is 0.253 e. The lowest BCUT2D eigenvalue weighted by Crippen LogP contribution is -2.60. The van der Waals surface area contributed by atoms with Crippen LogP contribution in [0.15, 0.2) is 0 Å². The Morgan fingerprint density at radius 3 is 2.25 bits per heavy atom. The molecule has 7 heteroatoms. The Labute approximate surface area is 96.4 Å². The van der Waals surface area contributed by atoms with Crippen LogP contribution in [-0.4, -0.2) is 57.2 Å². The van der Waals surface area contributed by atoms with Gasteiger partial charge in [-0.2, -0.15) is 0 Å². The molecule has 1 heterocycles. The van der Waals surface area contributed by atoms with Crippen LogP contribution < -0.4 is 10.0 Å². The number of carbonyl (C=O) groups is 1. The first kappa shape index (κ1) is 13.4. The third kappa shape index (κ3) is 3.43. The van der Waals surface area contributed by atoms with Gasteiger partial charge in [0, 0.05) is 26.2 Å². The number of sulfonamides is 1. The molecule has 0 aliphatic carbocycles. The van der Waals surface area contributed by atoms with Gasteiger partial charge in [-0.15, -0.1) is 0 Å². The van der Waals surface area contributed by atoms with Crippen LogP contribution in [0.1, 0.15) is 13.8 Å². The summed E-state index contributed by atoms with van der Waals surface area (Å²) in [7, 11) is -3.49. The van der Waals surface area contributed by atoms with Crippen molar-refractivity contribution in [1.82, 2.24) is 14.9 Å². The predicted octanol–water partition coefficient (Wildman–Crippen LogP) is -1.25. The van der Waals surface area contributed by atoms with Crippen molar-refractivity contribution < 1.29 is 13.2 Å². The topological polar surface area (TPSA) is 78.5 Å². The minimum atomic E-state index is -3.49. The molecular formula is C9H19N3O3S. The first-order valence-corrected chi connectivity index (χ1v) is 7.10. The van der Waals surface area contributed by atoms with Gasteiger partial charge in [-0.25, -0.2) is 8.42 Å². The number of nitrogens with one attached hydrogen (secondary N) is 2. The van der Waals surface area contributed by atoms with E-state index in [1.807, 2.05) is 9.62 Å². The first-order valence-electron chi connectivity index (χ1n) is 5.21. The summed E-state index contributed by atoms with van der Waals surface area (Å²) in [4.78, 5) is 13.8. The Morgan fingerprint density at radius 2 is 1.81 bits per heavy atom. The minimum absolute atomic E-state index is 0.475. The van der Waals surface area contributed by atoms with Gasteiger partial charge in [0.05, 0.1) is 11.8 Å². The number of piperazine rings is 1. The fourth-order valence-corrected chi connectivity index (χ4v) is 2.25. The van der Waals surface area contributed by atoms with Crippen LogP contribution >= 0.6 is 0 Å². The van der Waals surface area contributed by atoms with Crippen LogP contribution in [0.3, 0.4) is 0 Å². The van der Waals surface area contributed by atoms with Crippen LogP contribution in [0, 0.1) is 0 Å². The molecule has 1 saturated heterocycles. The highest BCUT2D eigenvalue weighted by molar-refractivity contribution is 7.89. The van der Waals surface area contributed by atoms with Crippen LogP contribution in [0.25, 0.3) is 0 Å². The Balaban J connectivity index is 2.71. The van der Waals surface area contributed by atoms with E-state index in [0.29, 0.717) is 0 Å². The second kappa shape index (κ2) is 4.68. The van der Waals surface area contributed by atoms with Crippen LogP contribution in [0.5, 0.6) is 0 Å². The molecule has 0 bridgehead atoms. The quantitative estimate of drug-likeness (QED) is 0.653. The van der Waals surface area contributed by atoms with Crippen LogP contribution in [0.4, 0.5) is 0 Å². The van der Waals surface area contributed by atoms with E-state index in [-0.39, 0.29) is 0 Å². The molecule has 1 fully saturated rings. The van der Waals surface area contributed by atoms with Gasteiger partial charge in [-0.1, -0.05) is 0 Å². The highest BCUT2D eigenvalue weighted by atomic mass is 32.2. The van der Waals surface area contributed by atoms with Crippen molar-refractivity contribution in [3.05, 3.63) is 0 Å². The van der Waals surface area contributed by atoms with Gasteiger partial charge in [0.1, 0.15) is 0 Å². The maximum absolute atomic E-state index is 11.8. The van der Waals surface area contributed by atoms with Gasteiger partial charge in [0.25, 0.3) is 5.91 Å². The van der Waals surface area contributed by atoms with Crippen molar-refractivity contribution in [2.24, 2.45) is 0 Å². The molecular weight excluding hydrogens is 230 g/mol. The summed E-state index contributed by atoms with van der Waals surface area (Å²) in [5.74, 6) is -0.475. The summed E-state index contributed by atoms with van der Waals surface area (Å²) in [6, 6.07) is 0. The number of hydrogen-bond donors (Lipinski definition) is 2. The molecule has 16 heavy (non-hydrogen) atoms. The highest BCUT2D eigenvalue weighted by Gasteiger charge is 2.36. The molecule has 0 radical (unpaired) electrons. The molecule has 1 aliphatic heterocycles. The van der Waals surface area contributed by atoms with Crippen LogP contribution in [0.2, 0.25) is 0 Å². The van der Waals surface area contributed by atoms with Crippen molar-refractivity contribution in [3.63, 3.8) is 0 Å². The molecule has 1 aliphatic rings. The summed E-state index contributed by atoms with van der Waals surface area (Å²) in [6.07, 6.45) is 0.985. The number of rotatable bonds is 3. The predicted molar refractivity (Wildman–Crippen MR) is 61.5 cm³/mol. The van der Waals surface area contributed by atoms with E-state index < -0.39 is 21.5 Å². The van der Waals surface area contributed by atoms with E-state index in [1.54, 1.807) is 13.8 Å². The minimum Gasteiger partial charge on any atom is -0.314 e. The van der Waals surface area contributed by atoms with Crippen molar-refractivity contribution >= 4 is 15.9 Å². The average Bonchev–Trinajstić information content (AvgIpc) is 2.16. The highest BCUT2D eigenvalue weighted by Crippen LogP contribution is 2.15. The SMILES string of the molecule is CC(C)(C(=O)NS(C)(=O)=O)N1CCNCC1. The summed E-state index contributed by atoms with van der Waals surface area (Å²) in [6.45, 7) is 6.58. The smallest absolute Gasteiger partial charge is 0.253 e. The van der Waals surface area contributed by atoms with E-state index in [1.165, 1.54) is 0 Å². The zero-order chi connectivity index (χ0) is 12.4. The van der Waals surface area contributed by atoms with E-state index >= 15 is 0 Å². The normalized spacial score (nSPS) is 19.4. The Morgan fingerprint density at radius 1 is 1.31 bits per heavy atom. The zero-order valence-electron chi connectivity index (χ0n) is 9.91. The summed E-state index contributed by atoms with van der Waals surface area (Å²) in [5.41, 5.74) is -0.800. The second-order valence-corrected chi connectivity index (χ2v) is 6.25. The Bertz CT molecular complexity index is 358. The monoisotopic (exact) mass is 249 g/mol. The van der Waals surface area contributed by atoms with Crippen molar-refractivity contribution in [3.8, 4) is 0 Å². The number of hydrogen-bond acceptors (Lipinski definition) is 5. The Hall–Kier alpha value is -0.660. The molecule has 1 amide bonds. The van der Waals surface area contributed by atoms with E-state index in [4.69, 9.17) is 0 Å².